The summed E-state index contributed by atoms with van der Waals surface area (Å²) in [5, 5.41) is 3.34. The minimum atomic E-state index is 0.207. The van der Waals surface area contributed by atoms with E-state index in [0.717, 1.165) is 30.2 Å². The summed E-state index contributed by atoms with van der Waals surface area (Å²) in [6.45, 7) is 4.22. The van der Waals surface area contributed by atoms with Gasteiger partial charge < -0.3 is 20.5 Å². The molecule has 1 aliphatic heterocycles. The molecule has 1 unspecified atom stereocenters. The second kappa shape index (κ2) is 6.50. The van der Waals surface area contributed by atoms with Crippen molar-refractivity contribution in [1.82, 2.24) is 0 Å². The fourth-order valence-corrected chi connectivity index (χ4v) is 1.97. The van der Waals surface area contributed by atoms with Crippen LogP contribution in [0.5, 0.6) is 11.5 Å². The highest BCUT2D eigenvalue weighted by molar-refractivity contribution is 5.55. The van der Waals surface area contributed by atoms with E-state index in [1.165, 1.54) is 12.8 Å². The molecule has 0 saturated heterocycles. The smallest absolute Gasteiger partial charge is 0.163 e. The maximum atomic E-state index is 6.03. The molecule has 1 aromatic carbocycles. The molecule has 0 spiro atoms. The Morgan fingerprint density at radius 1 is 1.28 bits per heavy atom. The number of nitrogens with one attached hydrogen (secondary N) is 1. The second-order valence-corrected chi connectivity index (χ2v) is 4.64. The molecule has 0 amide bonds. The number of rotatable bonds is 6. The molecule has 0 aliphatic carbocycles. The first-order valence-electron chi connectivity index (χ1n) is 6.68. The third kappa shape index (κ3) is 3.53. The SMILES string of the molecule is CCCCC(N)CNc1ccc2c(c1)OCCO2. The van der Waals surface area contributed by atoms with Gasteiger partial charge in [0.05, 0.1) is 0 Å². The van der Waals surface area contributed by atoms with E-state index in [1.54, 1.807) is 0 Å². The molecule has 1 heterocycles. The summed E-state index contributed by atoms with van der Waals surface area (Å²) in [5.41, 5.74) is 7.06. The Morgan fingerprint density at radius 3 is 2.83 bits per heavy atom. The number of ether oxygens (including phenoxy) is 2. The highest BCUT2D eigenvalue weighted by Gasteiger charge is 2.11. The van der Waals surface area contributed by atoms with Gasteiger partial charge in [0.25, 0.3) is 0 Å². The fourth-order valence-electron chi connectivity index (χ4n) is 1.97. The minimum absolute atomic E-state index is 0.207. The van der Waals surface area contributed by atoms with E-state index < -0.39 is 0 Å². The van der Waals surface area contributed by atoms with Gasteiger partial charge in [0, 0.05) is 24.3 Å². The Morgan fingerprint density at radius 2 is 2.06 bits per heavy atom. The van der Waals surface area contributed by atoms with Gasteiger partial charge in [0.1, 0.15) is 13.2 Å². The molecule has 0 saturated carbocycles. The molecular formula is C14H22N2O2. The van der Waals surface area contributed by atoms with Crippen molar-refractivity contribution in [2.75, 3.05) is 25.1 Å². The molecule has 1 atom stereocenters. The topological polar surface area (TPSA) is 56.5 Å². The first-order valence-corrected chi connectivity index (χ1v) is 6.68. The largest absolute Gasteiger partial charge is 0.486 e. The lowest BCUT2D eigenvalue weighted by Crippen LogP contribution is -2.28. The van der Waals surface area contributed by atoms with Crippen molar-refractivity contribution in [1.29, 1.82) is 0 Å². The van der Waals surface area contributed by atoms with E-state index >= 15 is 0 Å². The van der Waals surface area contributed by atoms with Crippen LogP contribution in [-0.4, -0.2) is 25.8 Å². The van der Waals surface area contributed by atoms with E-state index in [0.29, 0.717) is 13.2 Å². The summed E-state index contributed by atoms with van der Waals surface area (Å²) in [6, 6.07) is 6.12. The van der Waals surface area contributed by atoms with Gasteiger partial charge in [-0.1, -0.05) is 19.8 Å². The fraction of sp³-hybridized carbons (Fsp3) is 0.571. The molecule has 4 heteroatoms. The third-order valence-electron chi connectivity index (χ3n) is 3.04. The number of hydrogen-bond acceptors (Lipinski definition) is 4. The normalized spacial score (nSPS) is 15.2. The van der Waals surface area contributed by atoms with E-state index in [4.69, 9.17) is 15.2 Å². The van der Waals surface area contributed by atoms with Gasteiger partial charge in [-0.25, -0.2) is 0 Å². The third-order valence-corrected chi connectivity index (χ3v) is 3.04. The minimum Gasteiger partial charge on any atom is -0.486 e. The van der Waals surface area contributed by atoms with Crippen LogP contribution in [0.1, 0.15) is 26.2 Å². The first-order chi connectivity index (χ1) is 8.79. The zero-order valence-corrected chi connectivity index (χ0v) is 10.9. The van der Waals surface area contributed by atoms with Gasteiger partial charge in [-0.05, 0) is 18.6 Å². The predicted octanol–water partition coefficient (Wildman–Crippen LogP) is 2.39. The standard InChI is InChI=1S/C14H22N2O2/c1-2-3-4-11(15)10-16-12-5-6-13-14(9-12)18-8-7-17-13/h5-6,9,11,16H,2-4,7-8,10,15H2,1H3. The monoisotopic (exact) mass is 250 g/mol. The van der Waals surface area contributed by atoms with Crippen LogP contribution >= 0.6 is 0 Å². The van der Waals surface area contributed by atoms with Crippen molar-refractivity contribution in [2.24, 2.45) is 5.73 Å². The van der Waals surface area contributed by atoms with Crippen LogP contribution in [0.2, 0.25) is 0 Å². The van der Waals surface area contributed by atoms with Crippen LogP contribution in [0, 0.1) is 0 Å². The van der Waals surface area contributed by atoms with Crippen molar-refractivity contribution < 1.29 is 9.47 Å². The van der Waals surface area contributed by atoms with Crippen LogP contribution in [-0.2, 0) is 0 Å². The number of hydrogen-bond donors (Lipinski definition) is 2. The molecule has 0 radical (unpaired) electrons. The highest BCUT2D eigenvalue weighted by atomic mass is 16.6. The maximum Gasteiger partial charge on any atom is 0.163 e. The maximum absolute atomic E-state index is 6.03. The van der Waals surface area contributed by atoms with E-state index in [9.17, 15) is 0 Å². The molecule has 0 bridgehead atoms. The zero-order chi connectivity index (χ0) is 12.8. The van der Waals surface area contributed by atoms with Gasteiger partial charge in [0.15, 0.2) is 11.5 Å². The molecule has 3 N–H and O–H groups in total. The van der Waals surface area contributed by atoms with Crippen molar-refractivity contribution in [3.05, 3.63) is 18.2 Å². The summed E-state index contributed by atoms with van der Waals surface area (Å²) in [4.78, 5) is 0. The first kappa shape index (κ1) is 13.0. The van der Waals surface area contributed by atoms with Crippen molar-refractivity contribution >= 4 is 5.69 Å². The average Bonchev–Trinajstić information content (AvgIpc) is 2.42. The lowest BCUT2D eigenvalue weighted by molar-refractivity contribution is 0.171. The molecule has 0 fully saturated rings. The van der Waals surface area contributed by atoms with Gasteiger partial charge >= 0.3 is 0 Å². The summed E-state index contributed by atoms with van der Waals surface area (Å²) in [7, 11) is 0. The lowest BCUT2D eigenvalue weighted by Gasteiger charge is -2.20. The molecular weight excluding hydrogens is 228 g/mol. The van der Waals surface area contributed by atoms with Gasteiger partial charge in [-0.15, -0.1) is 0 Å². The van der Waals surface area contributed by atoms with Gasteiger partial charge in [0.2, 0.25) is 0 Å². The molecule has 0 aromatic heterocycles. The molecule has 2 rings (SSSR count). The Bertz CT molecular complexity index is 382. The van der Waals surface area contributed by atoms with Crippen molar-refractivity contribution in [2.45, 2.75) is 32.2 Å². The van der Waals surface area contributed by atoms with E-state index in [2.05, 4.69) is 12.2 Å². The van der Waals surface area contributed by atoms with Crippen LogP contribution in [0.25, 0.3) is 0 Å². The summed E-state index contributed by atoms with van der Waals surface area (Å²) >= 11 is 0. The summed E-state index contributed by atoms with van der Waals surface area (Å²) in [6.07, 6.45) is 3.44. The van der Waals surface area contributed by atoms with E-state index in [1.807, 2.05) is 18.2 Å². The predicted molar refractivity (Wildman–Crippen MR) is 73.4 cm³/mol. The molecule has 100 valence electrons. The van der Waals surface area contributed by atoms with E-state index in [-0.39, 0.29) is 6.04 Å². The van der Waals surface area contributed by atoms with Crippen LogP contribution in [0.4, 0.5) is 5.69 Å². The molecule has 18 heavy (non-hydrogen) atoms. The van der Waals surface area contributed by atoms with Crippen LogP contribution < -0.4 is 20.5 Å². The van der Waals surface area contributed by atoms with Crippen molar-refractivity contribution in [3.8, 4) is 11.5 Å². The Balaban J connectivity index is 1.86. The second-order valence-electron chi connectivity index (χ2n) is 4.64. The number of fused-ring (bicyclic) bond motifs is 1. The molecule has 1 aliphatic rings. The molecule has 4 nitrogen and oxygen atoms in total. The van der Waals surface area contributed by atoms with Gasteiger partial charge in [-0.3, -0.25) is 0 Å². The highest BCUT2D eigenvalue weighted by Crippen LogP contribution is 2.32. The summed E-state index contributed by atoms with van der Waals surface area (Å²) in [5.74, 6) is 1.63. The quantitative estimate of drug-likeness (QED) is 0.814. The van der Waals surface area contributed by atoms with Crippen LogP contribution in [0.15, 0.2) is 18.2 Å². The zero-order valence-electron chi connectivity index (χ0n) is 10.9. The number of nitrogens with two attached hydrogens (primary N) is 1. The molecule has 1 aromatic rings. The van der Waals surface area contributed by atoms with Crippen molar-refractivity contribution in [3.63, 3.8) is 0 Å². The Kier molecular flexibility index (Phi) is 4.70. The van der Waals surface area contributed by atoms with Gasteiger partial charge in [-0.2, -0.15) is 0 Å². The lowest BCUT2D eigenvalue weighted by atomic mass is 10.1. The average molecular weight is 250 g/mol. The Hall–Kier alpha value is -1.42. The summed E-state index contributed by atoms with van der Waals surface area (Å²) < 4.78 is 11.0. The number of unbranched alkanes of at least 4 members (excludes halogenated alkanes) is 1. The number of anilines is 1. The Labute approximate surface area is 108 Å². The number of benzene rings is 1. The van der Waals surface area contributed by atoms with Crippen LogP contribution in [0.3, 0.4) is 0 Å².